The topological polar surface area (TPSA) is 42.2 Å². The van der Waals surface area contributed by atoms with Crippen molar-refractivity contribution >= 4 is 34.8 Å². The number of carbonyl (C=O) groups excluding carboxylic acids is 1. The van der Waals surface area contributed by atoms with Gasteiger partial charge < -0.3 is 9.73 Å². The molecular formula is C17H14ClNO2. The van der Waals surface area contributed by atoms with E-state index in [0.29, 0.717) is 28.2 Å². The number of hydrogen-bond acceptors (Lipinski definition) is 2. The van der Waals surface area contributed by atoms with Crippen LogP contribution < -0.4 is 5.32 Å². The lowest BCUT2D eigenvalue weighted by Crippen LogP contribution is -2.03. The molecule has 1 aromatic carbocycles. The van der Waals surface area contributed by atoms with Crippen LogP contribution in [0.1, 0.15) is 36.3 Å². The zero-order valence-electron chi connectivity index (χ0n) is 11.5. The largest absolute Gasteiger partial charge is 0.461 e. The molecule has 1 fully saturated rings. The second kappa shape index (κ2) is 4.50. The molecule has 0 radical (unpaired) electrons. The molecule has 21 heavy (non-hydrogen) atoms. The van der Waals surface area contributed by atoms with Crippen LogP contribution in [0.4, 0.5) is 5.69 Å². The van der Waals surface area contributed by atoms with Crippen molar-refractivity contribution in [2.24, 2.45) is 5.92 Å². The zero-order chi connectivity index (χ0) is 14.6. The number of anilines is 1. The molecule has 1 aliphatic heterocycles. The van der Waals surface area contributed by atoms with Gasteiger partial charge in [0.05, 0.1) is 5.57 Å². The Morgan fingerprint density at radius 2 is 2.14 bits per heavy atom. The summed E-state index contributed by atoms with van der Waals surface area (Å²) in [5.41, 5.74) is 2.21. The van der Waals surface area contributed by atoms with E-state index in [-0.39, 0.29) is 5.91 Å². The van der Waals surface area contributed by atoms with Gasteiger partial charge in [-0.25, -0.2) is 0 Å². The summed E-state index contributed by atoms with van der Waals surface area (Å²) in [7, 11) is 0. The highest BCUT2D eigenvalue weighted by molar-refractivity contribution is 6.36. The Balaban J connectivity index is 1.71. The van der Waals surface area contributed by atoms with E-state index in [1.54, 1.807) is 18.2 Å². The quantitative estimate of drug-likeness (QED) is 0.827. The van der Waals surface area contributed by atoms with Crippen molar-refractivity contribution in [2.45, 2.75) is 19.3 Å². The summed E-state index contributed by atoms with van der Waals surface area (Å²) in [6.07, 6.45) is 2.97. The van der Waals surface area contributed by atoms with Crippen LogP contribution in [0.25, 0.3) is 11.6 Å². The van der Waals surface area contributed by atoms with E-state index >= 15 is 0 Å². The van der Waals surface area contributed by atoms with Crippen LogP contribution in [0, 0.1) is 5.92 Å². The lowest BCUT2D eigenvalue weighted by molar-refractivity contribution is -0.110. The molecule has 1 amide bonds. The molecule has 4 heteroatoms. The van der Waals surface area contributed by atoms with E-state index in [1.165, 1.54) is 6.42 Å². The Bertz CT molecular complexity index is 775. The average Bonchev–Trinajstić information content (AvgIpc) is 2.89. The molecule has 2 aromatic rings. The first kappa shape index (κ1) is 12.7. The van der Waals surface area contributed by atoms with Gasteiger partial charge in [0.25, 0.3) is 5.91 Å². The molecule has 3 nitrogen and oxygen atoms in total. The predicted octanol–water partition coefficient (Wildman–Crippen LogP) is 4.55. The van der Waals surface area contributed by atoms with Gasteiger partial charge in [0, 0.05) is 22.2 Å². The Hall–Kier alpha value is -2.00. The van der Waals surface area contributed by atoms with Gasteiger partial charge in [0.2, 0.25) is 0 Å². The number of furan rings is 1. The molecular weight excluding hydrogens is 286 g/mol. The van der Waals surface area contributed by atoms with Crippen LogP contribution in [0.15, 0.2) is 34.7 Å². The predicted molar refractivity (Wildman–Crippen MR) is 83.2 cm³/mol. The third-order valence-electron chi connectivity index (χ3n) is 4.17. The van der Waals surface area contributed by atoms with Gasteiger partial charge in [-0.3, -0.25) is 4.79 Å². The lowest BCUT2D eigenvalue weighted by atomic mass is 10.1. The first-order chi connectivity index (χ1) is 10.1. The molecule has 2 aliphatic rings. The summed E-state index contributed by atoms with van der Waals surface area (Å²) in [4.78, 5) is 12.1. The number of hydrogen-bond donors (Lipinski definition) is 1. The Kier molecular flexibility index (Phi) is 2.73. The van der Waals surface area contributed by atoms with Gasteiger partial charge >= 0.3 is 0 Å². The third kappa shape index (κ3) is 2.18. The van der Waals surface area contributed by atoms with Crippen molar-refractivity contribution < 1.29 is 9.21 Å². The number of halogens is 1. The van der Waals surface area contributed by atoms with E-state index in [4.69, 9.17) is 16.0 Å². The van der Waals surface area contributed by atoms with Gasteiger partial charge in [0.15, 0.2) is 0 Å². The summed E-state index contributed by atoms with van der Waals surface area (Å²) >= 11 is 6.02. The smallest absolute Gasteiger partial charge is 0.256 e. The zero-order valence-corrected chi connectivity index (χ0v) is 12.3. The standard InChI is InChI=1S/C17H14ClNO2/c1-9-6-12(9)16-5-3-11(21-16)8-14-13-7-10(18)2-4-15(13)19-17(14)20/h2-5,7-9,12H,6H2,1H3,(H,19,20)/b14-8-/t9-,12+/m0/s1. The number of carbonyl (C=O) groups is 1. The number of fused-ring (bicyclic) bond motifs is 1. The van der Waals surface area contributed by atoms with Gasteiger partial charge in [0.1, 0.15) is 11.5 Å². The second-order valence-electron chi connectivity index (χ2n) is 5.76. The summed E-state index contributed by atoms with van der Waals surface area (Å²) in [5.74, 6) is 2.84. The molecule has 1 saturated carbocycles. The summed E-state index contributed by atoms with van der Waals surface area (Å²) in [6.45, 7) is 2.22. The number of amides is 1. The molecule has 106 valence electrons. The van der Waals surface area contributed by atoms with Gasteiger partial charge in [-0.2, -0.15) is 0 Å². The maximum Gasteiger partial charge on any atom is 0.256 e. The Labute approximate surface area is 127 Å². The van der Waals surface area contributed by atoms with Crippen molar-refractivity contribution in [3.8, 4) is 0 Å². The maximum atomic E-state index is 12.1. The van der Waals surface area contributed by atoms with Crippen LogP contribution in [-0.4, -0.2) is 5.91 Å². The molecule has 1 aromatic heterocycles. The van der Waals surface area contributed by atoms with Crippen molar-refractivity contribution in [3.05, 3.63) is 52.4 Å². The highest BCUT2D eigenvalue weighted by Crippen LogP contribution is 2.47. The van der Waals surface area contributed by atoms with Crippen LogP contribution >= 0.6 is 11.6 Å². The van der Waals surface area contributed by atoms with Crippen LogP contribution in [-0.2, 0) is 4.79 Å². The van der Waals surface area contributed by atoms with E-state index in [1.807, 2.05) is 18.2 Å². The molecule has 4 rings (SSSR count). The van der Waals surface area contributed by atoms with Crippen molar-refractivity contribution in [1.82, 2.24) is 0 Å². The van der Waals surface area contributed by atoms with Crippen molar-refractivity contribution in [2.75, 3.05) is 5.32 Å². The molecule has 0 bridgehead atoms. The summed E-state index contributed by atoms with van der Waals surface area (Å²) in [5, 5.41) is 3.45. The van der Waals surface area contributed by atoms with Gasteiger partial charge in [-0.05, 0) is 48.7 Å². The van der Waals surface area contributed by atoms with Gasteiger partial charge in [-0.15, -0.1) is 0 Å². The van der Waals surface area contributed by atoms with Crippen LogP contribution in [0.2, 0.25) is 5.02 Å². The minimum Gasteiger partial charge on any atom is -0.461 e. The summed E-state index contributed by atoms with van der Waals surface area (Å²) in [6, 6.07) is 9.31. The van der Waals surface area contributed by atoms with E-state index < -0.39 is 0 Å². The second-order valence-corrected chi connectivity index (χ2v) is 6.20. The van der Waals surface area contributed by atoms with Crippen LogP contribution in [0.5, 0.6) is 0 Å². The number of rotatable bonds is 2. The molecule has 0 unspecified atom stereocenters. The summed E-state index contributed by atoms with van der Waals surface area (Å²) < 4.78 is 5.84. The molecule has 1 N–H and O–H groups in total. The van der Waals surface area contributed by atoms with E-state index in [9.17, 15) is 4.79 Å². The van der Waals surface area contributed by atoms with E-state index in [2.05, 4.69) is 12.2 Å². The highest BCUT2D eigenvalue weighted by Gasteiger charge is 2.36. The van der Waals surface area contributed by atoms with Crippen LogP contribution in [0.3, 0.4) is 0 Å². The molecule has 0 saturated heterocycles. The third-order valence-corrected chi connectivity index (χ3v) is 4.41. The van der Waals surface area contributed by atoms with Crippen molar-refractivity contribution in [1.29, 1.82) is 0 Å². The Morgan fingerprint density at radius 1 is 1.33 bits per heavy atom. The Morgan fingerprint density at radius 3 is 2.90 bits per heavy atom. The molecule has 1 aliphatic carbocycles. The number of benzene rings is 1. The number of nitrogens with one attached hydrogen (secondary N) is 1. The highest BCUT2D eigenvalue weighted by atomic mass is 35.5. The maximum absolute atomic E-state index is 12.1. The molecule has 2 atom stereocenters. The normalized spacial score (nSPS) is 25.0. The van der Waals surface area contributed by atoms with E-state index in [0.717, 1.165) is 17.0 Å². The fourth-order valence-corrected chi connectivity index (χ4v) is 2.98. The molecule has 2 heterocycles. The minimum absolute atomic E-state index is 0.120. The monoisotopic (exact) mass is 299 g/mol. The lowest BCUT2D eigenvalue weighted by Gasteiger charge is -1.98. The first-order valence-electron chi connectivity index (χ1n) is 7.04. The molecule has 0 spiro atoms. The fraction of sp³-hybridized carbons (Fsp3) is 0.235. The average molecular weight is 300 g/mol. The fourth-order valence-electron chi connectivity index (χ4n) is 2.81. The SMILES string of the molecule is C[C@H]1C[C@H]1c1ccc(/C=C2\C(=O)Nc3ccc(Cl)cc32)o1. The van der Waals surface area contributed by atoms with Gasteiger partial charge in [-0.1, -0.05) is 18.5 Å². The first-order valence-corrected chi connectivity index (χ1v) is 7.42. The minimum atomic E-state index is -0.120. The van der Waals surface area contributed by atoms with Crippen molar-refractivity contribution in [3.63, 3.8) is 0 Å².